The predicted molar refractivity (Wildman–Crippen MR) is 79.3 cm³/mol. The third kappa shape index (κ3) is 4.07. The van der Waals surface area contributed by atoms with Crippen molar-refractivity contribution in [3.63, 3.8) is 0 Å². The monoisotopic (exact) mass is 273 g/mol. The van der Waals surface area contributed by atoms with E-state index in [1.165, 1.54) is 17.7 Å². The van der Waals surface area contributed by atoms with Gasteiger partial charge in [0.25, 0.3) is 0 Å². The van der Waals surface area contributed by atoms with E-state index in [4.69, 9.17) is 4.74 Å². The van der Waals surface area contributed by atoms with Crippen molar-refractivity contribution >= 4 is 0 Å². The molecule has 0 saturated carbocycles. The third-order valence-electron chi connectivity index (χ3n) is 3.19. The van der Waals surface area contributed by atoms with Gasteiger partial charge in [0.2, 0.25) is 0 Å². The second kappa shape index (κ2) is 7.06. The molecule has 3 heteroatoms. The van der Waals surface area contributed by atoms with Crippen molar-refractivity contribution in [2.45, 2.75) is 26.4 Å². The summed E-state index contributed by atoms with van der Waals surface area (Å²) >= 11 is 0. The molecular formula is C17H20FNO. The van der Waals surface area contributed by atoms with Crippen molar-refractivity contribution in [1.82, 2.24) is 5.32 Å². The molecule has 2 nitrogen and oxygen atoms in total. The van der Waals surface area contributed by atoms with Crippen LogP contribution < -0.4 is 10.1 Å². The van der Waals surface area contributed by atoms with Crippen molar-refractivity contribution in [3.05, 3.63) is 65.5 Å². The van der Waals surface area contributed by atoms with Gasteiger partial charge in [-0.2, -0.15) is 0 Å². The first kappa shape index (κ1) is 14.5. The van der Waals surface area contributed by atoms with Crippen LogP contribution in [0.5, 0.6) is 5.75 Å². The van der Waals surface area contributed by atoms with Gasteiger partial charge in [-0.25, -0.2) is 4.39 Å². The molecule has 0 aliphatic carbocycles. The molecular weight excluding hydrogens is 253 g/mol. The first-order chi connectivity index (χ1) is 9.69. The van der Waals surface area contributed by atoms with Gasteiger partial charge >= 0.3 is 0 Å². The van der Waals surface area contributed by atoms with Gasteiger partial charge in [-0.15, -0.1) is 0 Å². The Hall–Kier alpha value is -1.87. The maximum atomic E-state index is 12.9. The lowest BCUT2D eigenvalue weighted by Gasteiger charge is -2.15. The Morgan fingerprint density at radius 1 is 1.15 bits per heavy atom. The van der Waals surface area contributed by atoms with E-state index < -0.39 is 0 Å². The van der Waals surface area contributed by atoms with Crippen LogP contribution in [0.25, 0.3) is 0 Å². The molecule has 0 saturated heterocycles. The van der Waals surface area contributed by atoms with Crippen LogP contribution in [-0.4, -0.2) is 6.61 Å². The van der Waals surface area contributed by atoms with Crippen molar-refractivity contribution in [2.24, 2.45) is 0 Å². The standard InChI is InChI=1S/C17H20FNO/c1-3-20-17-6-4-5-14(11-17)12-19-13(2)15-7-9-16(18)10-8-15/h4-11,13,19H,3,12H2,1-2H3/t13-/m0/s1. The number of halogens is 1. The normalized spacial score (nSPS) is 12.2. The smallest absolute Gasteiger partial charge is 0.123 e. The summed E-state index contributed by atoms with van der Waals surface area (Å²) in [6, 6.07) is 14.8. The minimum atomic E-state index is -0.203. The summed E-state index contributed by atoms with van der Waals surface area (Å²) in [5.41, 5.74) is 2.25. The molecule has 1 atom stereocenters. The highest BCUT2D eigenvalue weighted by Crippen LogP contribution is 2.16. The lowest BCUT2D eigenvalue weighted by molar-refractivity contribution is 0.339. The molecule has 0 unspecified atom stereocenters. The van der Waals surface area contributed by atoms with Crippen molar-refractivity contribution < 1.29 is 9.13 Å². The molecule has 106 valence electrons. The average Bonchev–Trinajstić information content (AvgIpc) is 2.46. The van der Waals surface area contributed by atoms with Gasteiger partial charge in [0.15, 0.2) is 0 Å². The number of benzene rings is 2. The average molecular weight is 273 g/mol. The first-order valence-corrected chi connectivity index (χ1v) is 6.89. The fraction of sp³-hybridized carbons (Fsp3) is 0.294. The molecule has 0 heterocycles. The van der Waals surface area contributed by atoms with Crippen LogP contribution in [0.1, 0.15) is 31.0 Å². The minimum absolute atomic E-state index is 0.173. The van der Waals surface area contributed by atoms with E-state index in [0.717, 1.165) is 17.9 Å². The maximum Gasteiger partial charge on any atom is 0.123 e. The van der Waals surface area contributed by atoms with E-state index in [2.05, 4.69) is 18.3 Å². The third-order valence-corrected chi connectivity index (χ3v) is 3.19. The van der Waals surface area contributed by atoms with Gasteiger partial charge in [-0.3, -0.25) is 0 Å². The van der Waals surface area contributed by atoms with E-state index >= 15 is 0 Å². The number of hydrogen-bond donors (Lipinski definition) is 1. The van der Waals surface area contributed by atoms with Crippen LogP contribution >= 0.6 is 0 Å². The summed E-state index contributed by atoms with van der Waals surface area (Å²) < 4.78 is 18.4. The van der Waals surface area contributed by atoms with Gasteiger partial charge in [0.05, 0.1) is 6.61 Å². The van der Waals surface area contributed by atoms with Gasteiger partial charge in [0, 0.05) is 12.6 Å². The summed E-state index contributed by atoms with van der Waals surface area (Å²) in [5.74, 6) is 0.687. The summed E-state index contributed by atoms with van der Waals surface area (Å²) in [5, 5.41) is 3.43. The Morgan fingerprint density at radius 2 is 1.90 bits per heavy atom. The highest BCUT2D eigenvalue weighted by Gasteiger charge is 2.05. The Balaban J connectivity index is 1.94. The lowest BCUT2D eigenvalue weighted by atomic mass is 10.1. The van der Waals surface area contributed by atoms with Gasteiger partial charge in [0.1, 0.15) is 11.6 Å². The lowest BCUT2D eigenvalue weighted by Crippen LogP contribution is -2.18. The van der Waals surface area contributed by atoms with E-state index in [9.17, 15) is 4.39 Å². The SMILES string of the molecule is CCOc1cccc(CN[C@@H](C)c2ccc(F)cc2)c1. The molecule has 0 fully saturated rings. The molecule has 20 heavy (non-hydrogen) atoms. The topological polar surface area (TPSA) is 21.3 Å². The molecule has 0 bridgehead atoms. The van der Waals surface area contributed by atoms with Crippen molar-refractivity contribution in [2.75, 3.05) is 6.61 Å². The summed E-state index contributed by atoms with van der Waals surface area (Å²) in [7, 11) is 0. The van der Waals surface area contributed by atoms with Crippen molar-refractivity contribution in [3.8, 4) is 5.75 Å². The van der Waals surface area contributed by atoms with Gasteiger partial charge < -0.3 is 10.1 Å². The molecule has 2 aromatic carbocycles. The number of nitrogens with one attached hydrogen (secondary N) is 1. The van der Waals surface area contributed by atoms with E-state index in [-0.39, 0.29) is 11.9 Å². The zero-order valence-corrected chi connectivity index (χ0v) is 11.9. The second-order valence-corrected chi connectivity index (χ2v) is 4.73. The Kier molecular flexibility index (Phi) is 5.13. The fourth-order valence-corrected chi connectivity index (χ4v) is 2.05. The second-order valence-electron chi connectivity index (χ2n) is 4.73. The van der Waals surface area contributed by atoms with Crippen LogP contribution in [0.3, 0.4) is 0 Å². The largest absolute Gasteiger partial charge is 0.494 e. The summed E-state index contributed by atoms with van der Waals surface area (Å²) in [6.07, 6.45) is 0. The Bertz CT molecular complexity index is 539. The highest BCUT2D eigenvalue weighted by atomic mass is 19.1. The van der Waals surface area contributed by atoms with Crippen LogP contribution in [-0.2, 0) is 6.54 Å². The summed E-state index contributed by atoms with van der Waals surface area (Å²) in [4.78, 5) is 0. The van der Waals surface area contributed by atoms with E-state index in [1.54, 1.807) is 0 Å². The number of ether oxygens (including phenoxy) is 1. The molecule has 2 aromatic rings. The highest BCUT2D eigenvalue weighted by molar-refractivity contribution is 5.28. The first-order valence-electron chi connectivity index (χ1n) is 6.89. The molecule has 0 amide bonds. The quantitative estimate of drug-likeness (QED) is 0.856. The Labute approximate surface area is 119 Å². The summed E-state index contributed by atoms with van der Waals surface area (Å²) in [6.45, 7) is 5.46. The fourth-order valence-electron chi connectivity index (χ4n) is 2.05. The van der Waals surface area contributed by atoms with Crippen LogP contribution in [0.15, 0.2) is 48.5 Å². The zero-order valence-electron chi connectivity index (χ0n) is 11.9. The Morgan fingerprint density at radius 3 is 2.60 bits per heavy atom. The molecule has 0 spiro atoms. The minimum Gasteiger partial charge on any atom is -0.494 e. The van der Waals surface area contributed by atoms with Crippen LogP contribution in [0.4, 0.5) is 4.39 Å². The van der Waals surface area contributed by atoms with Crippen molar-refractivity contribution in [1.29, 1.82) is 0 Å². The van der Waals surface area contributed by atoms with E-state index in [1.807, 2.05) is 37.3 Å². The molecule has 0 aliphatic rings. The number of hydrogen-bond acceptors (Lipinski definition) is 2. The molecule has 1 N–H and O–H groups in total. The molecule has 0 aliphatic heterocycles. The van der Waals surface area contributed by atoms with E-state index in [0.29, 0.717) is 6.61 Å². The number of rotatable bonds is 6. The van der Waals surface area contributed by atoms with Crippen LogP contribution in [0.2, 0.25) is 0 Å². The van der Waals surface area contributed by atoms with Gasteiger partial charge in [-0.05, 0) is 49.2 Å². The molecule has 0 aromatic heterocycles. The predicted octanol–water partition coefficient (Wildman–Crippen LogP) is 4.08. The zero-order chi connectivity index (χ0) is 14.4. The van der Waals surface area contributed by atoms with Crippen LogP contribution in [0, 0.1) is 5.82 Å². The molecule has 2 rings (SSSR count). The molecule has 0 radical (unpaired) electrons. The maximum absolute atomic E-state index is 12.9. The van der Waals surface area contributed by atoms with Gasteiger partial charge in [-0.1, -0.05) is 24.3 Å².